The molecule has 5 atom stereocenters. The second-order valence-electron chi connectivity index (χ2n) is 9.61. The minimum Gasteiger partial charge on any atom is -0.461 e. The molecule has 4 aliphatic heterocycles. The second kappa shape index (κ2) is 11.5. The molecule has 4 fully saturated rings. The fourth-order valence-corrected chi connectivity index (χ4v) is 8.33. The number of carbonyl (C=O) groups excluding carboxylic acids is 3. The van der Waals surface area contributed by atoms with Gasteiger partial charge in [-0.2, -0.15) is 0 Å². The average Bonchev–Trinajstić information content (AvgIpc) is 3.51. The topological polar surface area (TPSA) is 99.6 Å². The summed E-state index contributed by atoms with van der Waals surface area (Å²) in [5.41, 5.74) is 0. The largest absolute Gasteiger partial charge is 0.461 e. The number of thioether (sulfide) groups is 1. The second-order valence-corrected chi connectivity index (χ2v) is 11.2. The lowest BCUT2D eigenvalue weighted by molar-refractivity contribution is -0.153. The molecule has 0 aliphatic carbocycles. The van der Waals surface area contributed by atoms with Crippen LogP contribution in [-0.2, 0) is 23.9 Å². The van der Waals surface area contributed by atoms with E-state index in [1.165, 1.54) is 6.08 Å². The summed E-state index contributed by atoms with van der Waals surface area (Å²) in [6.07, 6.45) is 5.10. The van der Waals surface area contributed by atoms with Crippen molar-refractivity contribution in [2.45, 2.75) is 35.3 Å². The molecular formula is C25H37N3O6S. The van der Waals surface area contributed by atoms with Gasteiger partial charge in [-0.25, -0.2) is 0 Å². The molecule has 4 heterocycles. The molecule has 0 saturated carbocycles. The molecule has 4 rings (SSSR count). The zero-order valence-corrected chi connectivity index (χ0v) is 21.1. The molecule has 0 aromatic rings. The number of nitrogens with zero attached hydrogens (tertiary/aromatic N) is 3. The van der Waals surface area contributed by atoms with Crippen LogP contribution in [0.25, 0.3) is 0 Å². The highest BCUT2D eigenvalue weighted by Gasteiger charge is 2.74. The minimum atomic E-state index is -0.664. The van der Waals surface area contributed by atoms with Gasteiger partial charge in [-0.3, -0.25) is 19.3 Å². The zero-order chi connectivity index (χ0) is 25.0. The highest BCUT2D eigenvalue weighted by atomic mass is 32.2. The fraction of sp³-hybridized carbons (Fsp3) is 0.720. The summed E-state index contributed by atoms with van der Waals surface area (Å²) >= 11 is 1.63. The van der Waals surface area contributed by atoms with Gasteiger partial charge in [0.05, 0.1) is 29.8 Å². The number of rotatable bonds is 12. The molecule has 2 unspecified atom stereocenters. The van der Waals surface area contributed by atoms with E-state index < -0.39 is 22.6 Å². The first kappa shape index (κ1) is 26.2. The van der Waals surface area contributed by atoms with E-state index in [9.17, 15) is 19.5 Å². The van der Waals surface area contributed by atoms with Crippen LogP contribution in [0.3, 0.4) is 0 Å². The molecule has 4 saturated heterocycles. The number of aliphatic hydroxyl groups excluding tert-OH is 1. The number of hydrogen-bond acceptors (Lipinski definition) is 8. The predicted molar refractivity (Wildman–Crippen MR) is 133 cm³/mol. The highest BCUT2D eigenvalue weighted by Crippen LogP contribution is 2.66. The fourth-order valence-electron chi connectivity index (χ4n) is 6.13. The first-order valence-electron chi connectivity index (χ1n) is 12.5. The van der Waals surface area contributed by atoms with Gasteiger partial charge in [-0.15, -0.1) is 18.3 Å². The first-order chi connectivity index (χ1) is 17.0. The third-order valence-corrected chi connectivity index (χ3v) is 9.61. The Bertz CT molecular complexity index is 834. The number of amides is 2. The summed E-state index contributed by atoms with van der Waals surface area (Å²) < 4.78 is 10.2. The maximum absolute atomic E-state index is 14.1. The molecule has 194 valence electrons. The molecule has 0 aromatic carbocycles. The number of hydrogen-bond donors (Lipinski definition) is 1. The number of carbonyl (C=O) groups is 3. The Morgan fingerprint density at radius 2 is 2.03 bits per heavy atom. The van der Waals surface area contributed by atoms with Crippen molar-refractivity contribution < 1.29 is 29.0 Å². The lowest BCUT2D eigenvalue weighted by atomic mass is 9.71. The van der Waals surface area contributed by atoms with Crippen LogP contribution in [0.5, 0.6) is 0 Å². The summed E-state index contributed by atoms with van der Waals surface area (Å²) in [5, 5.41) is 9.45. The quantitative estimate of drug-likeness (QED) is 0.302. The van der Waals surface area contributed by atoms with Gasteiger partial charge in [-0.05, 0) is 19.3 Å². The van der Waals surface area contributed by atoms with Crippen LogP contribution in [-0.4, -0.2) is 119 Å². The van der Waals surface area contributed by atoms with E-state index in [0.29, 0.717) is 39.1 Å². The average molecular weight is 508 g/mol. The Labute approximate surface area is 211 Å². The van der Waals surface area contributed by atoms with Gasteiger partial charge in [-0.1, -0.05) is 18.7 Å². The number of esters is 1. The molecular weight excluding hydrogens is 470 g/mol. The van der Waals surface area contributed by atoms with E-state index in [2.05, 4.69) is 18.1 Å². The van der Waals surface area contributed by atoms with Gasteiger partial charge >= 0.3 is 5.97 Å². The van der Waals surface area contributed by atoms with E-state index in [4.69, 9.17) is 9.47 Å². The number of morpholine rings is 1. The van der Waals surface area contributed by atoms with Crippen molar-refractivity contribution in [2.75, 3.05) is 65.7 Å². The Morgan fingerprint density at radius 1 is 1.26 bits per heavy atom. The number of fused-ring (bicyclic) bond motifs is 1. The Hall–Kier alpha value is -1.88. The van der Waals surface area contributed by atoms with Crippen molar-refractivity contribution in [3.8, 4) is 0 Å². The summed E-state index contributed by atoms with van der Waals surface area (Å²) in [6.45, 7) is 12.5. The van der Waals surface area contributed by atoms with Crippen LogP contribution in [0, 0.1) is 11.8 Å². The maximum atomic E-state index is 14.1. The molecule has 10 heteroatoms. The summed E-state index contributed by atoms with van der Waals surface area (Å²) in [7, 11) is 0. The molecule has 35 heavy (non-hydrogen) atoms. The van der Waals surface area contributed by atoms with Crippen LogP contribution >= 0.6 is 11.8 Å². The summed E-state index contributed by atoms with van der Waals surface area (Å²) in [4.78, 5) is 46.6. The van der Waals surface area contributed by atoms with Crippen molar-refractivity contribution in [3.63, 3.8) is 0 Å². The van der Waals surface area contributed by atoms with Crippen LogP contribution in [0.1, 0.15) is 19.3 Å². The van der Waals surface area contributed by atoms with E-state index >= 15 is 0 Å². The first-order valence-corrected chi connectivity index (χ1v) is 13.4. The predicted octanol–water partition coefficient (Wildman–Crippen LogP) is 0.536. The van der Waals surface area contributed by atoms with E-state index in [0.717, 1.165) is 26.1 Å². The van der Waals surface area contributed by atoms with Crippen molar-refractivity contribution in [1.29, 1.82) is 0 Å². The Kier molecular flexibility index (Phi) is 8.57. The van der Waals surface area contributed by atoms with E-state index in [1.807, 2.05) is 0 Å². The molecule has 1 spiro atoms. The number of ether oxygens (including phenoxy) is 2. The van der Waals surface area contributed by atoms with Crippen LogP contribution in [0.2, 0.25) is 0 Å². The molecule has 0 radical (unpaired) electrons. The monoisotopic (exact) mass is 507 g/mol. The van der Waals surface area contributed by atoms with Gasteiger partial charge < -0.3 is 24.4 Å². The third-order valence-electron chi connectivity index (χ3n) is 7.66. The molecule has 4 aliphatic rings. The van der Waals surface area contributed by atoms with Crippen molar-refractivity contribution in [3.05, 3.63) is 25.3 Å². The summed E-state index contributed by atoms with van der Waals surface area (Å²) in [5.74, 6) is -1.79. The SMILES string of the molecule is C=CCOC(=O)[C@@H]1[C@H]2C(=O)N(CCCO)C(C(=O)N(CC=C)CCN3CCOCC3)C23CC[C@H]1S3. The number of aliphatic hydroxyl groups is 1. The van der Waals surface area contributed by atoms with Crippen LogP contribution < -0.4 is 0 Å². The van der Waals surface area contributed by atoms with E-state index in [1.54, 1.807) is 27.6 Å². The van der Waals surface area contributed by atoms with Gasteiger partial charge in [0.1, 0.15) is 12.6 Å². The Morgan fingerprint density at radius 3 is 2.71 bits per heavy atom. The van der Waals surface area contributed by atoms with Gasteiger partial charge in [0.25, 0.3) is 0 Å². The Balaban J connectivity index is 1.59. The van der Waals surface area contributed by atoms with Crippen molar-refractivity contribution >= 4 is 29.5 Å². The lowest BCUT2D eigenvalue weighted by Gasteiger charge is -2.38. The standard InChI is InChI=1S/C25H37N3O6S/c1-3-8-27(11-10-26-12-16-33-17-13-26)23(31)21-25-7-6-18(35-25)19(24(32)34-15-4-2)20(25)22(30)28(21)9-5-14-29/h3-4,18-21,29H,1-2,5-17H2/t18-,19+,20+,21?,25?/m1/s1. The summed E-state index contributed by atoms with van der Waals surface area (Å²) in [6, 6.07) is -0.664. The minimum absolute atomic E-state index is 0.0299. The molecule has 0 aromatic heterocycles. The zero-order valence-electron chi connectivity index (χ0n) is 20.3. The van der Waals surface area contributed by atoms with Gasteiger partial charge in [0.15, 0.2) is 0 Å². The van der Waals surface area contributed by atoms with Gasteiger partial charge in [0.2, 0.25) is 11.8 Å². The normalized spacial score (nSPS) is 31.9. The number of likely N-dealkylation sites (tertiary alicyclic amines) is 1. The molecule has 9 nitrogen and oxygen atoms in total. The third kappa shape index (κ3) is 4.90. The highest BCUT2D eigenvalue weighted by molar-refractivity contribution is 8.02. The lowest BCUT2D eigenvalue weighted by Crippen LogP contribution is -2.56. The molecule has 1 N–H and O–H groups in total. The van der Waals surface area contributed by atoms with Crippen molar-refractivity contribution in [1.82, 2.24) is 14.7 Å². The molecule has 2 amide bonds. The van der Waals surface area contributed by atoms with Crippen LogP contribution in [0.15, 0.2) is 25.3 Å². The van der Waals surface area contributed by atoms with Crippen LogP contribution in [0.4, 0.5) is 0 Å². The van der Waals surface area contributed by atoms with Gasteiger partial charge in [0, 0.05) is 51.1 Å². The van der Waals surface area contributed by atoms with E-state index in [-0.39, 0.29) is 42.8 Å². The smallest absolute Gasteiger partial charge is 0.311 e. The van der Waals surface area contributed by atoms with Crippen molar-refractivity contribution in [2.24, 2.45) is 11.8 Å². The molecule has 2 bridgehead atoms. The maximum Gasteiger partial charge on any atom is 0.311 e.